The Balaban J connectivity index is 2.91. The highest BCUT2D eigenvalue weighted by Crippen LogP contribution is 2.42. The minimum atomic E-state index is -0.623. The lowest BCUT2D eigenvalue weighted by molar-refractivity contribution is -0.333. The van der Waals surface area contributed by atoms with Gasteiger partial charge in [-0.05, 0) is 20.3 Å². The van der Waals surface area contributed by atoms with Gasteiger partial charge in [0.1, 0.15) is 6.29 Å². The van der Waals surface area contributed by atoms with Crippen molar-refractivity contribution in [1.29, 1.82) is 0 Å². The van der Waals surface area contributed by atoms with Gasteiger partial charge in [-0.25, -0.2) is 0 Å². The van der Waals surface area contributed by atoms with Crippen molar-refractivity contribution < 1.29 is 14.3 Å². The molecule has 1 aliphatic heterocycles. The molecule has 98 valence electrons. The Hall–Kier alpha value is -0.670. The van der Waals surface area contributed by atoms with Crippen molar-refractivity contribution in [1.82, 2.24) is 0 Å². The highest BCUT2D eigenvalue weighted by Gasteiger charge is 2.47. The van der Waals surface area contributed by atoms with E-state index in [0.717, 1.165) is 6.29 Å². The maximum Gasteiger partial charge on any atom is 0.163 e. The summed E-state index contributed by atoms with van der Waals surface area (Å²) in [6.07, 6.45) is 3.45. The molecule has 3 nitrogen and oxygen atoms in total. The summed E-state index contributed by atoms with van der Waals surface area (Å²) in [5, 5.41) is 0. The minimum Gasteiger partial charge on any atom is -0.347 e. The molecule has 3 heteroatoms. The van der Waals surface area contributed by atoms with Crippen LogP contribution in [0.5, 0.6) is 0 Å². The summed E-state index contributed by atoms with van der Waals surface area (Å²) in [5.74, 6) is -0.625. The molecule has 1 saturated heterocycles. The Bertz CT molecular complexity index is 294. The molecule has 0 aromatic carbocycles. The van der Waals surface area contributed by atoms with Crippen LogP contribution in [0.25, 0.3) is 0 Å². The quantitative estimate of drug-likeness (QED) is 0.560. The van der Waals surface area contributed by atoms with E-state index in [1.54, 1.807) is 0 Å². The maximum absolute atomic E-state index is 10.8. The lowest BCUT2D eigenvalue weighted by Crippen LogP contribution is -2.55. The molecule has 0 N–H and O–H groups in total. The van der Waals surface area contributed by atoms with E-state index in [1.165, 1.54) is 0 Å². The number of hydrogen-bond donors (Lipinski definition) is 0. The molecule has 0 bridgehead atoms. The van der Waals surface area contributed by atoms with Crippen molar-refractivity contribution in [2.45, 2.75) is 59.0 Å². The van der Waals surface area contributed by atoms with Gasteiger partial charge in [0.25, 0.3) is 0 Å². The van der Waals surface area contributed by atoms with Crippen molar-refractivity contribution in [3.05, 3.63) is 12.7 Å². The molecule has 0 aromatic heterocycles. The van der Waals surface area contributed by atoms with Crippen LogP contribution in [0.3, 0.4) is 0 Å². The van der Waals surface area contributed by atoms with Gasteiger partial charge in [-0.3, -0.25) is 0 Å². The van der Waals surface area contributed by atoms with E-state index in [9.17, 15) is 4.79 Å². The van der Waals surface area contributed by atoms with E-state index >= 15 is 0 Å². The molecule has 0 radical (unpaired) electrons. The molecule has 1 aliphatic rings. The predicted molar refractivity (Wildman–Crippen MR) is 67.6 cm³/mol. The highest BCUT2D eigenvalue weighted by atomic mass is 16.7. The largest absolute Gasteiger partial charge is 0.347 e. The smallest absolute Gasteiger partial charge is 0.163 e. The third-order valence-electron chi connectivity index (χ3n) is 3.43. The topological polar surface area (TPSA) is 35.5 Å². The van der Waals surface area contributed by atoms with E-state index in [0.29, 0.717) is 6.42 Å². The van der Waals surface area contributed by atoms with Crippen molar-refractivity contribution in [2.75, 3.05) is 0 Å². The van der Waals surface area contributed by atoms with Gasteiger partial charge in [-0.15, -0.1) is 6.58 Å². The molecule has 1 heterocycles. The molecule has 0 saturated carbocycles. The van der Waals surface area contributed by atoms with Crippen molar-refractivity contribution in [3.63, 3.8) is 0 Å². The molecule has 0 unspecified atom stereocenters. The van der Waals surface area contributed by atoms with Gasteiger partial charge in [-0.1, -0.05) is 26.8 Å². The molecule has 3 atom stereocenters. The number of hydrogen-bond acceptors (Lipinski definition) is 3. The standard InChI is InChI=1S/C14H24O3/c1-7-11-13(3,4)12(8-10(2)9-15)17-14(5,6)16-11/h7,9-12H,1,8H2,2-6H3/t10-,11-,12-/m1/s1. The van der Waals surface area contributed by atoms with Gasteiger partial charge in [0.2, 0.25) is 0 Å². The molecule has 0 amide bonds. The number of ether oxygens (including phenoxy) is 2. The summed E-state index contributed by atoms with van der Waals surface area (Å²) in [4.78, 5) is 10.8. The summed E-state index contributed by atoms with van der Waals surface area (Å²) >= 11 is 0. The number of rotatable bonds is 4. The van der Waals surface area contributed by atoms with E-state index in [4.69, 9.17) is 9.47 Å². The SMILES string of the molecule is C=C[C@H]1OC(C)(C)O[C@H](C[C@@H](C)C=O)C1(C)C. The first-order valence-corrected chi connectivity index (χ1v) is 6.16. The molecular weight excluding hydrogens is 216 g/mol. The average Bonchev–Trinajstić information content (AvgIpc) is 2.22. The van der Waals surface area contributed by atoms with Crippen LogP contribution in [-0.2, 0) is 14.3 Å². The molecule has 0 aliphatic carbocycles. The van der Waals surface area contributed by atoms with Crippen LogP contribution < -0.4 is 0 Å². The second kappa shape index (κ2) is 4.91. The van der Waals surface area contributed by atoms with Crippen LogP contribution in [0.1, 0.15) is 41.0 Å². The summed E-state index contributed by atoms with van der Waals surface area (Å²) in [5.41, 5.74) is -0.172. The lowest BCUT2D eigenvalue weighted by Gasteiger charge is -2.50. The van der Waals surface area contributed by atoms with Crippen molar-refractivity contribution in [2.24, 2.45) is 11.3 Å². The summed E-state index contributed by atoms with van der Waals surface area (Å²) in [6.45, 7) is 13.7. The first kappa shape index (κ1) is 14.4. The first-order chi connectivity index (χ1) is 7.73. The fourth-order valence-corrected chi connectivity index (χ4v) is 2.26. The Morgan fingerprint density at radius 2 is 1.88 bits per heavy atom. The third kappa shape index (κ3) is 3.17. The second-order valence-electron chi connectivity index (χ2n) is 5.95. The predicted octanol–water partition coefficient (Wildman–Crippen LogP) is 2.94. The van der Waals surface area contributed by atoms with Gasteiger partial charge < -0.3 is 14.3 Å². The van der Waals surface area contributed by atoms with Gasteiger partial charge >= 0.3 is 0 Å². The van der Waals surface area contributed by atoms with Gasteiger partial charge in [0.15, 0.2) is 5.79 Å². The van der Waals surface area contributed by atoms with Gasteiger partial charge in [-0.2, -0.15) is 0 Å². The van der Waals surface area contributed by atoms with Crippen molar-refractivity contribution >= 4 is 6.29 Å². The Labute approximate surface area is 104 Å². The van der Waals surface area contributed by atoms with Crippen LogP contribution >= 0.6 is 0 Å². The minimum absolute atomic E-state index is 0.00126. The van der Waals surface area contributed by atoms with E-state index in [2.05, 4.69) is 20.4 Å². The van der Waals surface area contributed by atoms with Gasteiger partial charge in [0, 0.05) is 11.3 Å². The Morgan fingerprint density at radius 3 is 2.35 bits per heavy atom. The fraction of sp³-hybridized carbons (Fsp3) is 0.786. The normalized spacial score (nSPS) is 32.8. The van der Waals surface area contributed by atoms with E-state index in [-0.39, 0.29) is 23.5 Å². The van der Waals surface area contributed by atoms with E-state index < -0.39 is 5.79 Å². The first-order valence-electron chi connectivity index (χ1n) is 6.16. The maximum atomic E-state index is 10.8. The monoisotopic (exact) mass is 240 g/mol. The zero-order chi connectivity index (χ0) is 13.3. The fourth-order valence-electron chi connectivity index (χ4n) is 2.26. The van der Waals surface area contributed by atoms with Crippen LogP contribution in [-0.4, -0.2) is 24.3 Å². The molecule has 1 rings (SSSR count). The highest BCUT2D eigenvalue weighted by molar-refractivity contribution is 5.52. The molecular formula is C14H24O3. The average molecular weight is 240 g/mol. The van der Waals surface area contributed by atoms with Crippen LogP contribution in [0.15, 0.2) is 12.7 Å². The lowest BCUT2D eigenvalue weighted by atomic mass is 9.76. The Morgan fingerprint density at radius 1 is 1.29 bits per heavy atom. The number of carbonyl (C=O) groups is 1. The number of carbonyl (C=O) groups excluding carboxylic acids is 1. The molecule has 0 aromatic rings. The molecule has 1 fully saturated rings. The van der Waals surface area contributed by atoms with Crippen LogP contribution in [0.4, 0.5) is 0 Å². The Kier molecular flexibility index (Phi) is 4.15. The second-order valence-corrected chi connectivity index (χ2v) is 5.95. The summed E-state index contributed by atoms with van der Waals surface area (Å²) in [7, 11) is 0. The van der Waals surface area contributed by atoms with E-state index in [1.807, 2.05) is 26.8 Å². The third-order valence-corrected chi connectivity index (χ3v) is 3.43. The zero-order valence-corrected chi connectivity index (χ0v) is 11.5. The van der Waals surface area contributed by atoms with Crippen LogP contribution in [0.2, 0.25) is 0 Å². The summed E-state index contributed by atoms with van der Waals surface area (Å²) in [6, 6.07) is 0. The van der Waals surface area contributed by atoms with Crippen LogP contribution in [0, 0.1) is 11.3 Å². The van der Waals surface area contributed by atoms with Crippen molar-refractivity contribution in [3.8, 4) is 0 Å². The van der Waals surface area contributed by atoms with Gasteiger partial charge in [0.05, 0.1) is 12.2 Å². The zero-order valence-electron chi connectivity index (χ0n) is 11.5. The molecule has 17 heavy (non-hydrogen) atoms. The molecule has 0 spiro atoms. The number of aldehydes is 1. The summed E-state index contributed by atoms with van der Waals surface area (Å²) < 4.78 is 11.8.